The molecule has 2 rings (SSSR count). The van der Waals surface area contributed by atoms with Crippen molar-refractivity contribution in [2.45, 2.75) is 38.5 Å². The van der Waals surface area contributed by atoms with Crippen molar-refractivity contribution in [1.29, 1.82) is 0 Å². The second-order valence-corrected chi connectivity index (χ2v) is 9.32. The lowest BCUT2D eigenvalue weighted by Gasteiger charge is -2.20. The van der Waals surface area contributed by atoms with Gasteiger partial charge in [0.05, 0.1) is 4.90 Å². The molecule has 0 amide bonds. The van der Waals surface area contributed by atoms with E-state index in [2.05, 4.69) is 50.4 Å². The molecule has 0 atom stereocenters. The van der Waals surface area contributed by atoms with E-state index in [9.17, 15) is 8.42 Å². The van der Waals surface area contributed by atoms with Crippen LogP contribution in [0.4, 0.5) is 0 Å². The maximum Gasteiger partial charge on any atom is 0.241 e. The predicted octanol–water partition coefficient (Wildman–Crippen LogP) is 4.23. The van der Waals surface area contributed by atoms with Gasteiger partial charge in [0.15, 0.2) is 0 Å². The summed E-state index contributed by atoms with van der Waals surface area (Å²) in [7, 11) is -3.48. The highest BCUT2D eigenvalue weighted by atomic mass is 79.9. The highest BCUT2D eigenvalue weighted by Gasteiger charge is 2.45. The van der Waals surface area contributed by atoms with Crippen molar-refractivity contribution in [3.05, 3.63) is 26.6 Å². The van der Waals surface area contributed by atoms with Crippen LogP contribution < -0.4 is 4.72 Å². The van der Waals surface area contributed by atoms with Gasteiger partial charge in [-0.2, -0.15) is 0 Å². The second-order valence-electron chi connectivity index (χ2n) is 5.87. The first-order valence-electron chi connectivity index (χ1n) is 6.63. The lowest BCUT2D eigenvalue weighted by atomic mass is 9.93. The minimum Gasteiger partial charge on any atom is -0.211 e. The van der Waals surface area contributed by atoms with Crippen molar-refractivity contribution < 1.29 is 8.42 Å². The molecule has 0 saturated heterocycles. The van der Waals surface area contributed by atoms with Gasteiger partial charge in [-0.15, -0.1) is 0 Å². The Kier molecular flexibility index (Phi) is 4.70. The van der Waals surface area contributed by atoms with Gasteiger partial charge in [-0.25, -0.2) is 13.1 Å². The van der Waals surface area contributed by atoms with E-state index in [1.807, 2.05) is 13.0 Å². The highest BCUT2D eigenvalue weighted by Crippen LogP contribution is 2.51. The standard InChI is InChI=1S/C14H19Br2NO2S/c1-9(2)14(4-5-14)8-17-20(18,19)13-7-11(15)10(3)6-12(13)16/h6-7,9,17H,4-5,8H2,1-3H3. The smallest absolute Gasteiger partial charge is 0.211 e. The molecule has 0 aromatic heterocycles. The van der Waals surface area contributed by atoms with Crippen LogP contribution in [-0.2, 0) is 10.0 Å². The van der Waals surface area contributed by atoms with Gasteiger partial charge in [0.1, 0.15) is 0 Å². The Morgan fingerprint density at radius 1 is 1.25 bits per heavy atom. The Morgan fingerprint density at radius 2 is 1.85 bits per heavy atom. The molecule has 20 heavy (non-hydrogen) atoms. The zero-order valence-electron chi connectivity index (χ0n) is 11.8. The molecule has 0 bridgehead atoms. The number of hydrogen-bond donors (Lipinski definition) is 1. The molecule has 1 aromatic carbocycles. The summed E-state index contributed by atoms with van der Waals surface area (Å²) in [6.45, 7) is 6.75. The van der Waals surface area contributed by atoms with E-state index >= 15 is 0 Å². The van der Waals surface area contributed by atoms with Crippen LogP contribution in [0.5, 0.6) is 0 Å². The molecule has 0 heterocycles. The molecule has 1 aliphatic rings. The summed E-state index contributed by atoms with van der Waals surface area (Å²) in [5, 5.41) is 0. The molecule has 0 radical (unpaired) electrons. The lowest BCUT2D eigenvalue weighted by molar-refractivity contribution is 0.357. The molecular formula is C14H19Br2NO2S. The third-order valence-electron chi connectivity index (χ3n) is 4.23. The molecule has 3 nitrogen and oxygen atoms in total. The number of sulfonamides is 1. The van der Waals surface area contributed by atoms with Crippen molar-refractivity contribution in [3.8, 4) is 0 Å². The van der Waals surface area contributed by atoms with Crippen molar-refractivity contribution in [3.63, 3.8) is 0 Å². The summed E-state index contributed by atoms with van der Waals surface area (Å²) in [5.41, 5.74) is 1.15. The van der Waals surface area contributed by atoms with Crippen LogP contribution in [0.1, 0.15) is 32.3 Å². The monoisotopic (exact) mass is 423 g/mol. The first-order valence-corrected chi connectivity index (χ1v) is 9.70. The summed E-state index contributed by atoms with van der Waals surface area (Å²) in [4.78, 5) is 0.287. The molecule has 1 aromatic rings. The summed E-state index contributed by atoms with van der Waals surface area (Å²) in [6, 6.07) is 3.46. The molecule has 1 saturated carbocycles. The van der Waals surface area contributed by atoms with Crippen LogP contribution >= 0.6 is 31.9 Å². The fourth-order valence-corrected chi connectivity index (χ4v) is 5.08. The molecule has 1 aliphatic carbocycles. The molecule has 0 unspecified atom stereocenters. The van der Waals surface area contributed by atoms with Gasteiger partial charge >= 0.3 is 0 Å². The molecule has 0 spiro atoms. The van der Waals surface area contributed by atoms with Crippen LogP contribution in [0.15, 0.2) is 26.0 Å². The van der Waals surface area contributed by atoms with Crippen LogP contribution in [0.25, 0.3) is 0 Å². The summed E-state index contributed by atoms with van der Waals surface area (Å²) >= 11 is 6.73. The number of rotatable bonds is 5. The first kappa shape index (κ1) is 16.5. The third kappa shape index (κ3) is 3.29. The van der Waals surface area contributed by atoms with Gasteiger partial charge in [0.2, 0.25) is 10.0 Å². The molecule has 6 heteroatoms. The Hall–Kier alpha value is 0.0900. The van der Waals surface area contributed by atoms with Crippen LogP contribution in [0, 0.1) is 18.3 Å². The summed E-state index contributed by atoms with van der Waals surface area (Å²) < 4.78 is 29.1. The highest BCUT2D eigenvalue weighted by molar-refractivity contribution is 9.11. The number of nitrogens with one attached hydrogen (secondary N) is 1. The second kappa shape index (κ2) is 5.71. The first-order chi connectivity index (χ1) is 9.18. The van der Waals surface area contributed by atoms with E-state index in [-0.39, 0.29) is 10.3 Å². The van der Waals surface area contributed by atoms with Gasteiger partial charge in [0.25, 0.3) is 0 Å². The normalized spacial score (nSPS) is 17.5. The van der Waals surface area contributed by atoms with E-state index in [1.54, 1.807) is 6.07 Å². The Balaban J connectivity index is 2.21. The zero-order chi connectivity index (χ0) is 15.1. The lowest BCUT2D eigenvalue weighted by Crippen LogP contribution is -2.32. The van der Waals surface area contributed by atoms with E-state index < -0.39 is 10.0 Å². The fraction of sp³-hybridized carbons (Fsp3) is 0.571. The molecular weight excluding hydrogens is 406 g/mol. The topological polar surface area (TPSA) is 46.2 Å². The van der Waals surface area contributed by atoms with E-state index in [0.717, 1.165) is 22.9 Å². The molecule has 0 aliphatic heterocycles. The number of aryl methyl sites for hydroxylation is 1. The average Bonchev–Trinajstić information content (AvgIpc) is 3.12. The zero-order valence-corrected chi connectivity index (χ0v) is 15.8. The average molecular weight is 425 g/mol. The van der Waals surface area contributed by atoms with E-state index in [0.29, 0.717) is 16.9 Å². The maximum absolute atomic E-state index is 12.5. The Morgan fingerprint density at radius 3 is 2.35 bits per heavy atom. The van der Waals surface area contributed by atoms with Crippen molar-refractivity contribution in [2.75, 3.05) is 6.54 Å². The van der Waals surface area contributed by atoms with Crippen molar-refractivity contribution in [1.82, 2.24) is 4.72 Å². The van der Waals surface area contributed by atoms with Crippen molar-refractivity contribution >= 4 is 41.9 Å². The van der Waals surface area contributed by atoms with Gasteiger partial charge in [-0.05, 0) is 64.7 Å². The van der Waals surface area contributed by atoms with Crippen molar-refractivity contribution in [2.24, 2.45) is 11.3 Å². The largest absolute Gasteiger partial charge is 0.241 e. The van der Waals surface area contributed by atoms with Gasteiger partial charge in [-0.3, -0.25) is 0 Å². The SMILES string of the molecule is Cc1cc(Br)c(S(=O)(=O)NCC2(C(C)C)CC2)cc1Br. The van der Waals surface area contributed by atoms with E-state index in [1.165, 1.54) is 0 Å². The minimum absolute atomic E-state index is 0.154. The molecule has 112 valence electrons. The van der Waals surface area contributed by atoms with Crippen LogP contribution in [0.3, 0.4) is 0 Å². The number of benzene rings is 1. The predicted molar refractivity (Wildman–Crippen MR) is 88.3 cm³/mol. The third-order valence-corrected chi connectivity index (χ3v) is 7.45. The summed E-state index contributed by atoms with van der Waals surface area (Å²) in [5.74, 6) is 0.499. The molecule has 1 N–H and O–H groups in total. The molecule has 1 fully saturated rings. The Labute approximate surface area is 137 Å². The maximum atomic E-state index is 12.5. The van der Waals surface area contributed by atoms with Crippen LogP contribution in [-0.4, -0.2) is 15.0 Å². The Bertz CT molecular complexity index is 622. The van der Waals surface area contributed by atoms with Gasteiger partial charge < -0.3 is 0 Å². The minimum atomic E-state index is -3.48. The quantitative estimate of drug-likeness (QED) is 0.768. The number of halogens is 2. The number of hydrogen-bond acceptors (Lipinski definition) is 2. The van der Waals surface area contributed by atoms with Crippen LogP contribution in [0.2, 0.25) is 0 Å². The van der Waals surface area contributed by atoms with Gasteiger partial charge in [0, 0.05) is 15.5 Å². The fourth-order valence-electron chi connectivity index (χ4n) is 2.27. The van der Waals surface area contributed by atoms with Gasteiger partial charge in [-0.1, -0.05) is 29.8 Å². The summed E-state index contributed by atoms with van der Waals surface area (Å²) in [6.07, 6.45) is 2.21. The van der Waals surface area contributed by atoms with E-state index in [4.69, 9.17) is 0 Å².